The standard InChI is InChI=1S/C22H23N3O3S2/c1-23(2)13-14-25-20-12-11-17(15-21(20)29-22(25)26)30(27,28)24(3)19-10-6-8-16-7-4-5-9-18(16)19/h4-12,15H,13-14H2,1-3H3. The summed E-state index contributed by atoms with van der Waals surface area (Å²) in [7, 11) is 1.68. The normalized spacial score (nSPS) is 12.1. The Morgan fingerprint density at radius 3 is 2.47 bits per heavy atom. The van der Waals surface area contributed by atoms with Crippen molar-refractivity contribution in [3.63, 3.8) is 0 Å². The molecule has 30 heavy (non-hydrogen) atoms. The van der Waals surface area contributed by atoms with Gasteiger partial charge >= 0.3 is 4.87 Å². The zero-order chi connectivity index (χ0) is 21.5. The summed E-state index contributed by atoms with van der Waals surface area (Å²) in [5.41, 5.74) is 1.38. The molecule has 0 aliphatic carbocycles. The minimum absolute atomic E-state index is 0.0798. The molecule has 0 radical (unpaired) electrons. The summed E-state index contributed by atoms with van der Waals surface area (Å²) in [4.78, 5) is 14.5. The molecule has 8 heteroatoms. The highest BCUT2D eigenvalue weighted by Crippen LogP contribution is 2.31. The Kier molecular flexibility index (Phi) is 5.40. The van der Waals surface area contributed by atoms with Gasteiger partial charge in [-0.25, -0.2) is 8.42 Å². The lowest BCUT2D eigenvalue weighted by atomic mass is 10.1. The Labute approximate surface area is 179 Å². The van der Waals surface area contributed by atoms with Crippen molar-refractivity contribution in [1.29, 1.82) is 0 Å². The summed E-state index contributed by atoms with van der Waals surface area (Å²) in [5.74, 6) is 0. The highest BCUT2D eigenvalue weighted by atomic mass is 32.2. The topological polar surface area (TPSA) is 62.6 Å². The number of hydrogen-bond acceptors (Lipinski definition) is 5. The molecule has 1 heterocycles. The van der Waals surface area contributed by atoms with Gasteiger partial charge in [0.05, 0.1) is 20.8 Å². The van der Waals surface area contributed by atoms with E-state index in [1.54, 1.807) is 35.9 Å². The molecule has 4 rings (SSSR count). The quantitative estimate of drug-likeness (QED) is 0.459. The molecule has 0 aliphatic heterocycles. The van der Waals surface area contributed by atoms with Gasteiger partial charge in [-0.05, 0) is 43.7 Å². The first-order valence-electron chi connectivity index (χ1n) is 9.54. The first-order valence-corrected chi connectivity index (χ1v) is 11.8. The minimum Gasteiger partial charge on any atom is -0.308 e. The Balaban J connectivity index is 1.76. The van der Waals surface area contributed by atoms with Crippen LogP contribution in [0.5, 0.6) is 0 Å². The lowest BCUT2D eigenvalue weighted by Gasteiger charge is -2.21. The van der Waals surface area contributed by atoms with Crippen molar-refractivity contribution in [3.05, 3.63) is 70.3 Å². The van der Waals surface area contributed by atoms with E-state index in [9.17, 15) is 13.2 Å². The minimum atomic E-state index is -3.78. The third-order valence-electron chi connectivity index (χ3n) is 5.17. The third kappa shape index (κ3) is 3.62. The number of nitrogens with zero attached hydrogens (tertiary/aromatic N) is 3. The number of benzene rings is 3. The lowest BCUT2D eigenvalue weighted by molar-refractivity contribution is 0.385. The van der Waals surface area contributed by atoms with Crippen molar-refractivity contribution in [1.82, 2.24) is 9.47 Å². The summed E-state index contributed by atoms with van der Waals surface area (Å²) < 4.78 is 30.4. The van der Waals surface area contributed by atoms with Crippen LogP contribution in [0.3, 0.4) is 0 Å². The van der Waals surface area contributed by atoms with Crippen molar-refractivity contribution < 1.29 is 8.42 Å². The van der Waals surface area contributed by atoms with Crippen LogP contribution in [-0.4, -0.2) is 45.6 Å². The zero-order valence-corrected chi connectivity index (χ0v) is 18.7. The fourth-order valence-electron chi connectivity index (χ4n) is 3.49. The van der Waals surface area contributed by atoms with E-state index in [1.807, 2.05) is 55.4 Å². The van der Waals surface area contributed by atoms with Gasteiger partial charge in [0.2, 0.25) is 0 Å². The van der Waals surface area contributed by atoms with Gasteiger partial charge in [-0.3, -0.25) is 13.7 Å². The van der Waals surface area contributed by atoms with Gasteiger partial charge in [-0.1, -0.05) is 47.7 Å². The van der Waals surface area contributed by atoms with E-state index in [2.05, 4.69) is 0 Å². The average Bonchev–Trinajstić information content (AvgIpc) is 3.05. The van der Waals surface area contributed by atoms with Gasteiger partial charge in [0.15, 0.2) is 0 Å². The number of likely N-dealkylation sites (N-methyl/N-ethyl adjacent to an activating group) is 1. The second-order valence-corrected chi connectivity index (χ2v) is 10.4. The maximum atomic E-state index is 13.4. The number of aromatic nitrogens is 1. The molecule has 0 atom stereocenters. The predicted molar refractivity (Wildman–Crippen MR) is 124 cm³/mol. The van der Waals surface area contributed by atoms with E-state index in [-0.39, 0.29) is 9.77 Å². The van der Waals surface area contributed by atoms with Crippen LogP contribution < -0.4 is 9.18 Å². The van der Waals surface area contributed by atoms with Gasteiger partial charge in [0.25, 0.3) is 10.0 Å². The molecule has 4 aromatic rings. The number of hydrogen-bond donors (Lipinski definition) is 0. The van der Waals surface area contributed by atoms with Crippen LogP contribution in [0.4, 0.5) is 5.69 Å². The number of sulfonamides is 1. The highest BCUT2D eigenvalue weighted by molar-refractivity contribution is 7.92. The number of thiazole rings is 1. The molecule has 0 bridgehead atoms. The van der Waals surface area contributed by atoms with E-state index in [0.717, 1.165) is 34.2 Å². The van der Waals surface area contributed by atoms with Crippen molar-refractivity contribution in [2.75, 3.05) is 32.0 Å². The molecule has 3 aromatic carbocycles. The lowest BCUT2D eigenvalue weighted by Crippen LogP contribution is -2.26. The molecule has 0 aliphatic rings. The van der Waals surface area contributed by atoms with Gasteiger partial charge in [-0.2, -0.15) is 0 Å². The van der Waals surface area contributed by atoms with Crippen LogP contribution in [0.15, 0.2) is 70.4 Å². The fraction of sp³-hybridized carbons (Fsp3) is 0.227. The molecule has 0 fully saturated rings. The van der Waals surface area contributed by atoms with E-state index in [0.29, 0.717) is 16.9 Å². The van der Waals surface area contributed by atoms with Crippen LogP contribution >= 0.6 is 11.3 Å². The summed E-state index contributed by atoms with van der Waals surface area (Å²) in [6.07, 6.45) is 0. The molecule has 0 amide bonds. The molecular weight excluding hydrogens is 418 g/mol. The fourth-order valence-corrected chi connectivity index (χ4v) is 5.76. The van der Waals surface area contributed by atoms with E-state index < -0.39 is 10.0 Å². The smallest absolute Gasteiger partial charge is 0.308 e. The molecule has 156 valence electrons. The van der Waals surface area contributed by atoms with Crippen molar-refractivity contribution in [2.45, 2.75) is 11.4 Å². The van der Waals surface area contributed by atoms with E-state index in [4.69, 9.17) is 0 Å². The van der Waals surface area contributed by atoms with Gasteiger partial charge < -0.3 is 4.90 Å². The summed E-state index contributed by atoms with van der Waals surface area (Å²) >= 11 is 1.08. The van der Waals surface area contributed by atoms with Gasteiger partial charge in [0, 0.05) is 25.5 Å². The first-order chi connectivity index (χ1) is 14.3. The van der Waals surface area contributed by atoms with Crippen molar-refractivity contribution >= 4 is 48.0 Å². The van der Waals surface area contributed by atoms with Crippen molar-refractivity contribution in [2.24, 2.45) is 0 Å². The van der Waals surface area contributed by atoms with Crippen LogP contribution in [0, 0.1) is 0 Å². The van der Waals surface area contributed by atoms with Crippen LogP contribution in [0.1, 0.15) is 0 Å². The monoisotopic (exact) mass is 441 g/mol. The number of anilines is 1. The predicted octanol–water partition coefficient (Wildman–Crippen LogP) is 3.60. The molecule has 0 saturated carbocycles. The largest absolute Gasteiger partial charge is 0.308 e. The van der Waals surface area contributed by atoms with Crippen LogP contribution in [-0.2, 0) is 16.6 Å². The maximum Gasteiger partial charge on any atom is 0.308 e. The Hall–Kier alpha value is -2.68. The Morgan fingerprint density at radius 2 is 1.70 bits per heavy atom. The van der Waals surface area contributed by atoms with Gasteiger partial charge in [0.1, 0.15) is 0 Å². The van der Waals surface area contributed by atoms with Gasteiger partial charge in [-0.15, -0.1) is 0 Å². The van der Waals surface area contributed by atoms with E-state index in [1.165, 1.54) is 4.31 Å². The molecule has 6 nitrogen and oxygen atoms in total. The second-order valence-electron chi connectivity index (χ2n) is 7.42. The second kappa shape index (κ2) is 7.86. The first kappa shape index (κ1) is 20.6. The molecule has 1 aromatic heterocycles. The van der Waals surface area contributed by atoms with Crippen LogP contribution in [0.25, 0.3) is 21.0 Å². The zero-order valence-electron chi connectivity index (χ0n) is 17.1. The highest BCUT2D eigenvalue weighted by Gasteiger charge is 2.24. The molecule has 0 N–H and O–H groups in total. The number of fused-ring (bicyclic) bond motifs is 2. The molecular formula is C22H23N3O3S2. The SMILES string of the molecule is CN(C)CCn1c(=O)sc2cc(S(=O)(=O)N(C)c3cccc4ccccc34)ccc21. The average molecular weight is 442 g/mol. The van der Waals surface area contributed by atoms with E-state index >= 15 is 0 Å². The summed E-state index contributed by atoms with van der Waals surface area (Å²) in [6, 6.07) is 18.2. The Morgan fingerprint density at radius 1 is 0.967 bits per heavy atom. The Bertz CT molecular complexity index is 1380. The molecule has 0 unspecified atom stereocenters. The summed E-state index contributed by atoms with van der Waals surface area (Å²) in [6.45, 7) is 1.30. The van der Waals surface area contributed by atoms with Crippen molar-refractivity contribution in [3.8, 4) is 0 Å². The summed E-state index contributed by atoms with van der Waals surface area (Å²) in [5, 5.41) is 1.84. The third-order valence-corrected chi connectivity index (χ3v) is 7.88. The number of rotatable bonds is 6. The molecule has 0 spiro atoms. The van der Waals surface area contributed by atoms with Crippen LogP contribution in [0.2, 0.25) is 0 Å². The molecule has 0 saturated heterocycles. The maximum absolute atomic E-state index is 13.4.